The van der Waals surface area contributed by atoms with Crippen molar-refractivity contribution < 1.29 is 46.2 Å². The lowest BCUT2D eigenvalue weighted by atomic mass is 9.88. The first-order valence-electron chi connectivity index (χ1n) is 20.1. The van der Waals surface area contributed by atoms with Crippen LogP contribution in [0.3, 0.4) is 0 Å². The first kappa shape index (κ1) is 40.7. The maximum absolute atomic E-state index is 14.9. The molecule has 4 amide bonds. The number of hydrogen-bond acceptors (Lipinski definition) is 10. The molecule has 4 heterocycles. The van der Waals surface area contributed by atoms with Gasteiger partial charge >= 0.3 is 6.09 Å². The SMILES string of the molecule is C[C@@H]1CC/C=C\[C@@H]2C[C@@]2(C(=O)NS(=O)(=O)C2(CF)CC2)NC(=O)[C@@H]2C[C@@H](Oc3nc4c(c5ccccc35)CCCO4)CN2C(=O)[C@@H](NC(=O)OC(C)(C)C)[C@H](C)C1. The van der Waals surface area contributed by atoms with Crippen LogP contribution in [0.5, 0.6) is 11.8 Å². The molecule has 0 bridgehead atoms. The molecule has 2 aliphatic carbocycles. The van der Waals surface area contributed by atoms with Gasteiger partial charge in [0.05, 0.1) is 13.2 Å². The van der Waals surface area contributed by atoms with Crippen LogP contribution in [0.25, 0.3) is 10.8 Å². The minimum atomic E-state index is -4.39. The molecule has 3 N–H and O–H groups in total. The topological polar surface area (TPSA) is 182 Å². The number of amides is 4. The van der Waals surface area contributed by atoms with Crippen molar-refractivity contribution in [3.8, 4) is 11.8 Å². The van der Waals surface area contributed by atoms with Gasteiger partial charge in [-0.15, -0.1) is 0 Å². The maximum Gasteiger partial charge on any atom is 0.408 e. The Hall–Kier alpha value is -4.47. The summed E-state index contributed by atoms with van der Waals surface area (Å²) in [6.07, 6.45) is 6.05. The lowest BCUT2D eigenvalue weighted by molar-refractivity contribution is -0.142. The number of allylic oxidation sites excluding steroid dienone is 1. The summed E-state index contributed by atoms with van der Waals surface area (Å²) in [4.78, 5) is 62.7. The molecule has 2 saturated carbocycles. The van der Waals surface area contributed by atoms with E-state index in [4.69, 9.17) is 19.2 Å². The van der Waals surface area contributed by atoms with Gasteiger partial charge in [0.1, 0.15) is 40.7 Å². The molecule has 14 nitrogen and oxygen atoms in total. The van der Waals surface area contributed by atoms with Crippen molar-refractivity contribution in [2.24, 2.45) is 17.8 Å². The van der Waals surface area contributed by atoms with E-state index in [1.54, 1.807) is 20.8 Å². The van der Waals surface area contributed by atoms with Gasteiger partial charge in [-0.25, -0.2) is 17.6 Å². The number of halogens is 1. The Kier molecular flexibility index (Phi) is 11.0. The third-order valence-electron chi connectivity index (χ3n) is 12.0. The number of aryl methyl sites for hydroxylation is 1. The van der Waals surface area contributed by atoms with E-state index in [0.717, 1.165) is 35.6 Å². The van der Waals surface area contributed by atoms with Crippen molar-refractivity contribution in [3.05, 3.63) is 42.0 Å². The van der Waals surface area contributed by atoms with Crippen molar-refractivity contribution in [2.45, 2.75) is 126 Å². The Morgan fingerprint density at radius 2 is 1.86 bits per heavy atom. The fourth-order valence-corrected chi connectivity index (χ4v) is 9.91. The van der Waals surface area contributed by atoms with Gasteiger partial charge in [0.15, 0.2) is 0 Å². The number of rotatable bonds is 7. The van der Waals surface area contributed by atoms with Crippen LogP contribution in [0.1, 0.15) is 91.5 Å². The first-order valence-corrected chi connectivity index (χ1v) is 21.6. The predicted octanol–water partition coefficient (Wildman–Crippen LogP) is 4.64. The third kappa shape index (κ3) is 8.28. The van der Waals surface area contributed by atoms with Crippen LogP contribution in [-0.4, -0.2) is 96.0 Å². The lowest BCUT2D eigenvalue weighted by Gasteiger charge is -2.33. The number of carbonyl (C=O) groups is 4. The summed E-state index contributed by atoms with van der Waals surface area (Å²) >= 11 is 0. The number of benzene rings is 1. The second-order valence-electron chi connectivity index (χ2n) is 17.7. The molecule has 310 valence electrons. The van der Waals surface area contributed by atoms with E-state index in [1.807, 2.05) is 43.3 Å². The van der Waals surface area contributed by atoms with E-state index < -0.39 is 80.5 Å². The highest BCUT2D eigenvalue weighted by Crippen LogP contribution is 2.48. The van der Waals surface area contributed by atoms with E-state index in [1.165, 1.54) is 4.90 Å². The van der Waals surface area contributed by atoms with Crippen LogP contribution < -0.4 is 24.8 Å². The molecular formula is C41H54FN5O9S. The first-order chi connectivity index (χ1) is 27.0. The summed E-state index contributed by atoms with van der Waals surface area (Å²) in [5, 5.41) is 7.33. The largest absolute Gasteiger partial charge is 0.477 e. The minimum absolute atomic E-state index is 0.00305. The Balaban J connectivity index is 1.24. The van der Waals surface area contributed by atoms with Gasteiger partial charge in [0.25, 0.3) is 5.91 Å². The van der Waals surface area contributed by atoms with Crippen LogP contribution in [0.4, 0.5) is 9.18 Å². The molecule has 2 aromatic rings. The zero-order valence-electron chi connectivity index (χ0n) is 33.3. The zero-order chi connectivity index (χ0) is 40.9. The second kappa shape index (κ2) is 15.4. The van der Waals surface area contributed by atoms with Crippen LogP contribution in [0.2, 0.25) is 0 Å². The van der Waals surface area contributed by atoms with Crippen LogP contribution in [-0.2, 0) is 35.6 Å². The number of nitrogens with one attached hydrogen (secondary N) is 3. The normalized spacial score (nSPS) is 30.5. The summed E-state index contributed by atoms with van der Waals surface area (Å²) in [6, 6.07) is 5.41. The van der Waals surface area contributed by atoms with E-state index >= 15 is 0 Å². The quantitative estimate of drug-likeness (QED) is 0.334. The van der Waals surface area contributed by atoms with Crippen LogP contribution in [0, 0.1) is 17.8 Å². The highest BCUT2D eigenvalue weighted by Gasteiger charge is 2.64. The zero-order valence-corrected chi connectivity index (χ0v) is 34.1. The summed E-state index contributed by atoms with van der Waals surface area (Å²) in [5.41, 5.74) is -1.51. The molecule has 5 aliphatic rings. The molecule has 16 heteroatoms. The van der Waals surface area contributed by atoms with E-state index in [-0.39, 0.29) is 49.9 Å². The van der Waals surface area contributed by atoms with Gasteiger partial charge in [-0.05, 0) is 95.4 Å². The Labute approximate surface area is 333 Å². The van der Waals surface area contributed by atoms with Crippen molar-refractivity contribution in [1.82, 2.24) is 25.2 Å². The molecule has 57 heavy (non-hydrogen) atoms. The fourth-order valence-electron chi connectivity index (χ4n) is 8.48. The van der Waals surface area contributed by atoms with Crippen molar-refractivity contribution in [2.75, 3.05) is 19.8 Å². The molecule has 0 radical (unpaired) electrons. The smallest absolute Gasteiger partial charge is 0.408 e. The molecule has 3 aliphatic heterocycles. The maximum atomic E-state index is 14.9. The minimum Gasteiger partial charge on any atom is -0.477 e. The average Bonchev–Trinajstić information content (AvgIpc) is 4.06. The number of pyridine rings is 1. The van der Waals surface area contributed by atoms with Gasteiger partial charge in [-0.1, -0.05) is 44.2 Å². The Morgan fingerprint density at radius 3 is 2.56 bits per heavy atom. The summed E-state index contributed by atoms with van der Waals surface area (Å²) in [7, 11) is -4.39. The van der Waals surface area contributed by atoms with Crippen molar-refractivity contribution in [3.63, 3.8) is 0 Å². The molecular weight excluding hydrogens is 758 g/mol. The Bertz CT molecular complexity index is 2070. The van der Waals surface area contributed by atoms with Crippen LogP contribution in [0.15, 0.2) is 36.4 Å². The number of alkyl carbamates (subject to hydrolysis) is 1. The molecule has 1 saturated heterocycles. The fraction of sp³-hybridized carbons (Fsp3) is 0.634. The van der Waals surface area contributed by atoms with E-state index in [2.05, 4.69) is 22.3 Å². The van der Waals surface area contributed by atoms with Crippen molar-refractivity contribution in [1.29, 1.82) is 0 Å². The number of nitrogens with zero attached hydrogens (tertiary/aromatic N) is 2. The summed E-state index contributed by atoms with van der Waals surface area (Å²) in [5.74, 6) is -2.21. The van der Waals surface area contributed by atoms with Gasteiger partial charge in [-0.2, -0.15) is 4.98 Å². The van der Waals surface area contributed by atoms with Crippen molar-refractivity contribution >= 4 is 44.6 Å². The number of fused-ring (bicyclic) bond motifs is 5. The van der Waals surface area contributed by atoms with Crippen LogP contribution >= 0.6 is 0 Å². The summed E-state index contributed by atoms with van der Waals surface area (Å²) < 4.78 is 58.8. The molecule has 3 fully saturated rings. The van der Waals surface area contributed by atoms with Gasteiger partial charge in [0, 0.05) is 23.3 Å². The monoisotopic (exact) mass is 811 g/mol. The number of aromatic nitrogens is 1. The second-order valence-corrected chi connectivity index (χ2v) is 19.7. The number of carbonyl (C=O) groups excluding carboxylic acids is 4. The van der Waals surface area contributed by atoms with E-state index in [9.17, 15) is 32.0 Å². The van der Waals surface area contributed by atoms with E-state index in [0.29, 0.717) is 25.3 Å². The number of sulfonamides is 1. The third-order valence-corrected chi connectivity index (χ3v) is 14.1. The van der Waals surface area contributed by atoms with Gasteiger partial charge < -0.3 is 29.7 Å². The standard InChI is InChI=1S/C41H54FN5O9S/c1-24-11-6-7-12-26-21-41(26,37(50)46-57(52,53)40(23-42)16-17-40)45-33(48)31-20-27(22-47(31)36(49)32(25(2)19-24)43-38(51)56-39(3,4)5)55-35-30-14-9-8-13-28(30)29-15-10-18-54-34(29)44-35/h7-9,12-14,24-27,31-32H,6,10-11,15-23H2,1-5H3,(H,43,51)(H,45,48)(H,46,50)/b12-7-/t24-,25-,26-,27-,31+,32+,41-/m1/s1. The molecule has 0 spiro atoms. The average molecular weight is 812 g/mol. The molecule has 7 rings (SSSR count). The molecule has 1 aromatic carbocycles. The molecule has 0 unspecified atom stereocenters. The number of ether oxygens (including phenoxy) is 3. The highest BCUT2D eigenvalue weighted by atomic mass is 32.2. The lowest BCUT2D eigenvalue weighted by Crippen LogP contribution is -2.59. The Morgan fingerprint density at radius 1 is 1.12 bits per heavy atom. The van der Waals surface area contributed by atoms with Gasteiger partial charge in [0.2, 0.25) is 33.6 Å². The number of alkyl halides is 1. The molecule has 1 aromatic heterocycles. The molecule has 7 atom stereocenters. The predicted molar refractivity (Wildman–Crippen MR) is 209 cm³/mol. The summed E-state index contributed by atoms with van der Waals surface area (Å²) in [6.45, 7) is 8.43. The number of hydrogen-bond donors (Lipinski definition) is 3. The highest BCUT2D eigenvalue weighted by molar-refractivity contribution is 7.91. The van der Waals surface area contributed by atoms with Gasteiger partial charge in [-0.3, -0.25) is 19.1 Å².